The van der Waals surface area contributed by atoms with E-state index in [0.717, 1.165) is 4.90 Å². The molecule has 1 saturated heterocycles. The van der Waals surface area contributed by atoms with Crippen molar-refractivity contribution in [1.82, 2.24) is 10.2 Å². The second-order valence-electron chi connectivity index (χ2n) is 7.29. The highest BCUT2D eigenvalue weighted by molar-refractivity contribution is 6.10. The van der Waals surface area contributed by atoms with Gasteiger partial charge in [-0.05, 0) is 49.7 Å². The van der Waals surface area contributed by atoms with E-state index in [1.54, 1.807) is 62.4 Å². The molecule has 5 amide bonds. The van der Waals surface area contributed by atoms with E-state index in [1.807, 2.05) is 0 Å². The molecule has 0 radical (unpaired) electrons. The van der Waals surface area contributed by atoms with Crippen LogP contribution in [0.1, 0.15) is 30.6 Å². The zero-order valence-corrected chi connectivity index (χ0v) is 17.5. The monoisotopic (exact) mass is 424 g/mol. The first-order chi connectivity index (χ1) is 14.8. The molecule has 1 atom stereocenters. The molecule has 1 aliphatic heterocycles. The van der Waals surface area contributed by atoms with E-state index in [4.69, 9.17) is 4.74 Å². The van der Waals surface area contributed by atoms with Crippen molar-refractivity contribution in [1.29, 1.82) is 0 Å². The van der Waals surface area contributed by atoms with Gasteiger partial charge in [0.15, 0.2) is 0 Å². The lowest BCUT2D eigenvalue weighted by Gasteiger charge is -2.19. The van der Waals surface area contributed by atoms with Gasteiger partial charge in [-0.3, -0.25) is 19.3 Å². The van der Waals surface area contributed by atoms with Crippen LogP contribution in [-0.2, 0) is 9.59 Å². The highest BCUT2D eigenvalue weighted by atomic mass is 16.5. The average molecular weight is 424 g/mol. The maximum atomic E-state index is 12.5. The number of amides is 5. The van der Waals surface area contributed by atoms with Gasteiger partial charge in [0, 0.05) is 11.3 Å². The summed E-state index contributed by atoms with van der Waals surface area (Å²) in [5.41, 5.74) is 0.370. The summed E-state index contributed by atoms with van der Waals surface area (Å²) in [6.07, 6.45) is 0.425. The fourth-order valence-electron chi connectivity index (χ4n) is 3.12. The summed E-state index contributed by atoms with van der Waals surface area (Å²) in [5, 5.41) is 8.00. The predicted octanol–water partition coefficient (Wildman–Crippen LogP) is 2.61. The van der Waals surface area contributed by atoms with Crippen molar-refractivity contribution in [2.45, 2.75) is 25.8 Å². The first kappa shape index (κ1) is 21.8. The van der Waals surface area contributed by atoms with Gasteiger partial charge in [-0.15, -0.1) is 0 Å². The molecule has 0 bridgehead atoms. The molecule has 2 aromatic carbocycles. The fourth-order valence-corrected chi connectivity index (χ4v) is 3.12. The van der Waals surface area contributed by atoms with Crippen molar-refractivity contribution < 1.29 is 23.9 Å². The van der Waals surface area contributed by atoms with E-state index < -0.39 is 29.9 Å². The van der Waals surface area contributed by atoms with Crippen LogP contribution in [0.4, 0.5) is 16.2 Å². The number of carbonyl (C=O) groups excluding carboxylic acids is 4. The summed E-state index contributed by atoms with van der Waals surface area (Å²) in [4.78, 5) is 50.1. The topological polar surface area (TPSA) is 117 Å². The molecule has 1 aliphatic rings. The highest BCUT2D eigenvalue weighted by Crippen LogP contribution is 2.24. The van der Waals surface area contributed by atoms with Crippen molar-refractivity contribution >= 4 is 35.1 Å². The third-order valence-electron chi connectivity index (χ3n) is 5.14. The van der Waals surface area contributed by atoms with Crippen LogP contribution in [0.15, 0.2) is 48.5 Å². The highest BCUT2D eigenvalue weighted by Gasteiger charge is 2.46. The number of nitrogens with one attached hydrogen (secondary N) is 3. The summed E-state index contributed by atoms with van der Waals surface area (Å²) in [6, 6.07) is 12.7. The van der Waals surface area contributed by atoms with Gasteiger partial charge in [0.25, 0.3) is 11.8 Å². The average Bonchev–Trinajstić information content (AvgIpc) is 2.98. The van der Waals surface area contributed by atoms with Gasteiger partial charge in [0.1, 0.15) is 17.8 Å². The lowest BCUT2D eigenvalue weighted by atomic mass is 9.99. The molecule has 0 aliphatic carbocycles. The molecule has 0 unspecified atom stereocenters. The Bertz CT molecular complexity index is 1020. The number of rotatable bonds is 7. The maximum Gasteiger partial charge on any atom is 0.325 e. The SMILES string of the molecule is CC[C@@]1(C)NC(=O)N(CC(=O)Nc2ccc(C(=O)Nc3ccccc3OC)cc2)C1=O. The Morgan fingerprint density at radius 1 is 1.06 bits per heavy atom. The molecule has 2 aromatic rings. The molecule has 3 rings (SSSR count). The quantitative estimate of drug-likeness (QED) is 0.591. The number of urea groups is 1. The van der Waals surface area contributed by atoms with Crippen LogP contribution in [0.25, 0.3) is 0 Å². The molecule has 1 heterocycles. The number of anilines is 2. The second-order valence-corrected chi connectivity index (χ2v) is 7.29. The Kier molecular flexibility index (Phi) is 6.24. The van der Waals surface area contributed by atoms with E-state index in [-0.39, 0.29) is 5.91 Å². The minimum Gasteiger partial charge on any atom is -0.495 e. The smallest absolute Gasteiger partial charge is 0.325 e. The number of methoxy groups -OCH3 is 1. The van der Waals surface area contributed by atoms with Gasteiger partial charge in [-0.1, -0.05) is 19.1 Å². The van der Waals surface area contributed by atoms with Gasteiger partial charge >= 0.3 is 6.03 Å². The van der Waals surface area contributed by atoms with E-state index >= 15 is 0 Å². The van der Waals surface area contributed by atoms with Gasteiger partial charge in [-0.2, -0.15) is 0 Å². The zero-order valence-electron chi connectivity index (χ0n) is 17.5. The number of para-hydroxylation sites is 2. The van der Waals surface area contributed by atoms with E-state index in [9.17, 15) is 19.2 Å². The minimum atomic E-state index is -0.992. The van der Waals surface area contributed by atoms with E-state index in [2.05, 4.69) is 16.0 Å². The number of benzene rings is 2. The Labute approximate surface area is 179 Å². The lowest BCUT2D eigenvalue weighted by molar-refractivity contribution is -0.133. The lowest BCUT2D eigenvalue weighted by Crippen LogP contribution is -2.44. The summed E-state index contributed by atoms with van der Waals surface area (Å²) in [5.74, 6) is -0.742. The van der Waals surface area contributed by atoms with Crippen LogP contribution >= 0.6 is 0 Å². The van der Waals surface area contributed by atoms with Crippen LogP contribution in [0.5, 0.6) is 5.75 Å². The number of hydrogen-bond donors (Lipinski definition) is 3. The third kappa shape index (κ3) is 4.66. The molecule has 162 valence electrons. The summed E-state index contributed by atoms with van der Waals surface area (Å²) in [7, 11) is 1.52. The predicted molar refractivity (Wildman–Crippen MR) is 115 cm³/mol. The first-order valence-corrected chi connectivity index (χ1v) is 9.76. The summed E-state index contributed by atoms with van der Waals surface area (Å²) in [6.45, 7) is 3.02. The van der Waals surface area contributed by atoms with Crippen LogP contribution < -0.4 is 20.7 Å². The molecule has 0 spiro atoms. The van der Waals surface area contributed by atoms with E-state index in [1.165, 1.54) is 7.11 Å². The molecule has 0 saturated carbocycles. The minimum absolute atomic E-state index is 0.333. The molecular formula is C22H24N4O5. The Balaban J connectivity index is 1.60. The molecule has 9 nitrogen and oxygen atoms in total. The van der Waals surface area contributed by atoms with Crippen molar-refractivity contribution in [2.24, 2.45) is 0 Å². The molecule has 31 heavy (non-hydrogen) atoms. The zero-order chi connectivity index (χ0) is 22.6. The molecule has 1 fully saturated rings. The van der Waals surface area contributed by atoms with Crippen molar-refractivity contribution in [3.8, 4) is 5.75 Å². The normalized spacial score (nSPS) is 17.8. The van der Waals surface area contributed by atoms with Crippen molar-refractivity contribution in [2.75, 3.05) is 24.3 Å². The molecular weight excluding hydrogens is 400 g/mol. The van der Waals surface area contributed by atoms with Gasteiger partial charge in [0.05, 0.1) is 12.8 Å². The second kappa shape index (κ2) is 8.86. The largest absolute Gasteiger partial charge is 0.495 e. The van der Waals surface area contributed by atoms with Gasteiger partial charge in [-0.25, -0.2) is 4.79 Å². The Hall–Kier alpha value is -3.88. The first-order valence-electron chi connectivity index (χ1n) is 9.76. The van der Waals surface area contributed by atoms with Crippen molar-refractivity contribution in [3.63, 3.8) is 0 Å². The number of nitrogens with zero attached hydrogens (tertiary/aromatic N) is 1. The molecule has 3 N–H and O–H groups in total. The standard InChI is InChI=1S/C22H24N4O5/c1-4-22(2)20(29)26(21(30)25-22)13-18(27)23-15-11-9-14(10-12-15)19(28)24-16-7-5-6-8-17(16)31-3/h5-12H,4,13H2,1-3H3,(H,23,27)(H,24,28)(H,25,30)/t22-/m1/s1. The summed E-state index contributed by atoms with van der Waals surface area (Å²) < 4.78 is 5.22. The molecule has 9 heteroatoms. The Morgan fingerprint density at radius 2 is 1.74 bits per heavy atom. The number of hydrogen-bond acceptors (Lipinski definition) is 5. The fraction of sp³-hybridized carbons (Fsp3) is 0.273. The van der Waals surface area contributed by atoms with E-state index in [0.29, 0.717) is 29.1 Å². The van der Waals surface area contributed by atoms with Crippen LogP contribution in [-0.4, -0.2) is 47.8 Å². The molecule has 0 aromatic heterocycles. The van der Waals surface area contributed by atoms with Gasteiger partial charge < -0.3 is 20.7 Å². The van der Waals surface area contributed by atoms with Crippen LogP contribution in [0, 0.1) is 0 Å². The summed E-state index contributed by atoms with van der Waals surface area (Å²) >= 11 is 0. The number of carbonyl (C=O) groups is 4. The number of ether oxygens (including phenoxy) is 1. The van der Waals surface area contributed by atoms with Gasteiger partial charge in [0.2, 0.25) is 5.91 Å². The Morgan fingerprint density at radius 3 is 2.35 bits per heavy atom. The number of imide groups is 1. The third-order valence-corrected chi connectivity index (χ3v) is 5.14. The van der Waals surface area contributed by atoms with Crippen molar-refractivity contribution in [3.05, 3.63) is 54.1 Å². The van der Waals surface area contributed by atoms with Crippen LogP contribution in [0.3, 0.4) is 0 Å². The van der Waals surface area contributed by atoms with Crippen LogP contribution in [0.2, 0.25) is 0 Å². The maximum absolute atomic E-state index is 12.5.